The summed E-state index contributed by atoms with van der Waals surface area (Å²) in [5.41, 5.74) is -0.345. The monoisotopic (exact) mass is 254 g/mol. The van der Waals surface area contributed by atoms with E-state index in [-0.39, 0.29) is 16.9 Å². The number of anilines is 1. The summed E-state index contributed by atoms with van der Waals surface area (Å²) in [7, 11) is 2.28. The molecule has 0 saturated heterocycles. The number of ether oxygens (including phenoxy) is 2. The van der Waals surface area contributed by atoms with Crippen molar-refractivity contribution in [2.45, 2.75) is 0 Å². The van der Waals surface area contributed by atoms with Crippen molar-refractivity contribution in [2.75, 3.05) is 19.5 Å². The highest BCUT2D eigenvalue weighted by atomic mass is 16.6. The standard InChI is InChI=1S/C10H10N2O6/c1-17-9(13)7-5-6(12(15)16)3-4-8(7)11-10(14)18-2/h3-5H,1-2H3,(H,11,14). The highest BCUT2D eigenvalue weighted by molar-refractivity contribution is 6.00. The molecule has 0 bridgehead atoms. The molecular formula is C10H10N2O6. The zero-order valence-corrected chi connectivity index (χ0v) is 9.63. The van der Waals surface area contributed by atoms with Crippen LogP contribution in [0.3, 0.4) is 0 Å². The van der Waals surface area contributed by atoms with Crippen LogP contribution < -0.4 is 5.32 Å². The first kappa shape index (κ1) is 13.4. The molecule has 0 fully saturated rings. The Hall–Kier alpha value is -2.64. The third-order valence-corrected chi connectivity index (χ3v) is 2.04. The molecule has 0 radical (unpaired) electrons. The largest absolute Gasteiger partial charge is 0.465 e. The molecule has 0 aromatic heterocycles. The van der Waals surface area contributed by atoms with Gasteiger partial charge < -0.3 is 9.47 Å². The molecular weight excluding hydrogens is 244 g/mol. The van der Waals surface area contributed by atoms with Crippen molar-refractivity contribution < 1.29 is 24.0 Å². The highest BCUT2D eigenvalue weighted by Crippen LogP contribution is 2.23. The molecule has 18 heavy (non-hydrogen) atoms. The SMILES string of the molecule is COC(=O)Nc1ccc([N+](=O)[O-])cc1C(=O)OC. The predicted octanol–water partition coefficient (Wildman–Crippen LogP) is 1.56. The van der Waals surface area contributed by atoms with Gasteiger partial charge >= 0.3 is 12.1 Å². The Balaban J connectivity index is 3.20. The van der Waals surface area contributed by atoms with Gasteiger partial charge in [-0.05, 0) is 6.07 Å². The molecule has 1 rings (SSSR count). The van der Waals surface area contributed by atoms with Crippen molar-refractivity contribution in [3.8, 4) is 0 Å². The molecule has 96 valence electrons. The lowest BCUT2D eigenvalue weighted by Crippen LogP contribution is -2.15. The molecule has 0 spiro atoms. The Bertz CT molecular complexity index is 499. The second kappa shape index (κ2) is 5.62. The van der Waals surface area contributed by atoms with Crippen molar-refractivity contribution in [1.82, 2.24) is 0 Å². The first-order chi connectivity index (χ1) is 8.49. The summed E-state index contributed by atoms with van der Waals surface area (Å²) >= 11 is 0. The number of nitro benzene ring substituents is 1. The van der Waals surface area contributed by atoms with Crippen LogP contribution in [0.1, 0.15) is 10.4 Å². The van der Waals surface area contributed by atoms with E-state index in [4.69, 9.17) is 0 Å². The maximum atomic E-state index is 11.4. The van der Waals surface area contributed by atoms with Crippen LogP contribution in [-0.2, 0) is 9.47 Å². The van der Waals surface area contributed by atoms with E-state index in [1.165, 1.54) is 6.07 Å². The van der Waals surface area contributed by atoms with E-state index in [1.54, 1.807) is 0 Å². The molecule has 0 aliphatic carbocycles. The number of nitro groups is 1. The minimum absolute atomic E-state index is 0.0688. The smallest absolute Gasteiger partial charge is 0.411 e. The summed E-state index contributed by atoms with van der Waals surface area (Å²) in [4.78, 5) is 32.4. The Labute approximate surface area is 102 Å². The van der Waals surface area contributed by atoms with Gasteiger partial charge in [0, 0.05) is 12.1 Å². The number of nitrogens with one attached hydrogen (secondary N) is 1. The van der Waals surface area contributed by atoms with E-state index in [1.807, 2.05) is 0 Å². The number of nitrogens with zero attached hydrogens (tertiary/aromatic N) is 1. The number of hydrogen-bond donors (Lipinski definition) is 1. The van der Waals surface area contributed by atoms with E-state index in [9.17, 15) is 19.7 Å². The minimum atomic E-state index is -0.801. The summed E-state index contributed by atoms with van der Waals surface area (Å²) < 4.78 is 8.84. The number of carbonyl (C=O) groups is 2. The number of esters is 1. The molecule has 0 aliphatic heterocycles. The van der Waals surface area contributed by atoms with Gasteiger partial charge in [-0.15, -0.1) is 0 Å². The van der Waals surface area contributed by atoms with Crippen LogP contribution in [0.2, 0.25) is 0 Å². The van der Waals surface area contributed by atoms with Crippen molar-refractivity contribution in [3.63, 3.8) is 0 Å². The fourth-order valence-electron chi connectivity index (χ4n) is 1.19. The average molecular weight is 254 g/mol. The van der Waals surface area contributed by atoms with Gasteiger partial charge in [0.05, 0.1) is 30.4 Å². The van der Waals surface area contributed by atoms with Gasteiger partial charge in [-0.25, -0.2) is 9.59 Å². The van der Waals surface area contributed by atoms with Gasteiger partial charge in [0.2, 0.25) is 0 Å². The van der Waals surface area contributed by atoms with Crippen molar-refractivity contribution >= 4 is 23.4 Å². The van der Waals surface area contributed by atoms with Crippen LogP contribution in [0.5, 0.6) is 0 Å². The van der Waals surface area contributed by atoms with Crippen molar-refractivity contribution in [2.24, 2.45) is 0 Å². The lowest BCUT2D eigenvalue weighted by molar-refractivity contribution is -0.384. The van der Waals surface area contributed by atoms with Gasteiger partial charge in [-0.2, -0.15) is 0 Å². The maximum absolute atomic E-state index is 11.4. The number of benzene rings is 1. The molecule has 0 unspecified atom stereocenters. The van der Waals surface area contributed by atoms with E-state index in [0.717, 1.165) is 26.4 Å². The third-order valence-electron chi connectivity index (χ3n) is 2.04. The van der Waals surface area contributed by atoms with Gasteiger partial charge in [0.15, 0.2) is 0 Å². The normalized spacial score (nSPS) is 9.44. The second-order valence-electron chi connectivity index (χ2n) is 3.10. The fraction of sp³-hybridized carbons (Fsp3) is 0.200. The van der Waals surface area contributed by atoms with E-state index in [2.05, 4.69) is 14.8 Å². The van der Waals surface area contributed by atoms with Crippen LogP contribution in [0.25, 0.3) is 0 Å². The molecule has 1 N–H and O–H groups in total. The van der Waals surface area contributed by atoms with Crippen LogP contribution in [-0.4, -0.2) is 31.2 Å². The summed E-state index contributed by atoms with van der Waals surface area (Å²) in [6.07, 6.45) is -0.797. The molecule has 0 aliphatic rings. The number of amides is 1. The Kier molecular flexibility index (Phi) is 4.19. The van der Waals surface area contributed by atoms with Gasteiger partial charge in [0.25, 0.3) is 5.69 Å². The second-order valence-corrected chi connectivity index (χ2v) is 3.10. The summed E-state index contributed by atoms with van der Waals surface area (Å²) in [6, 6.07) is 3.39. The van der Waals surface area contributed by atoms with E-state index >= 15 is 0 Å². The lowest BCUT2D eigenvalue weighted by atomic mass is 10.1. The van der Waals surface area contributed by atoms with Crippen molar-refractivity contribution in [1.29, 1.82) is 0 Å². The van der Waals surface area contributed by atoms with Crippen LogP contribution >= 0.6 is 0 Å². The van der Waals surface area contributed by atoms with Crippen molar-refractivity contribution in [3.05, 3.63) is 33.9 Å². The highest BCUT2D eigenvalue weighted by Gasteiger charge is 2.18. The quantitative estimate of drug-likeness (QED) is 0.498. The Morgan fingerprint density at radius 2 is 1.94 bits per heavy atom. The summed E-state index contributed by atoms with van der Waals surface area (Å²) in [5, 5.41) is 12.9. The lowest BCUT2D eigenvalue weighted by Gasteiger charge is -2.08. The number of hydrogen-bond acceptors (Lipinski definition) is 6. The van der Waals surface area contributed by atoms with Crippen LogP contribution in [0.15, 0.2) is 18.2 Å². The minimum Gasteiger partial charge on any atom is -0.465 e. The third kappa shape index (κ3) is 2.94. The van der Waals surface area contributed by atoms with E-state index < -0.39 is 17.0 Å². The maximum Gasteiger partial charge on any atom is 0.411 e. The summed E-state index contributed by atoms with van der Waals surface area (Å²) in [6.45, 7) is 0. The topological polar surface area (TPSA) is 108 Å². The first-order valence-corrected chi connectivity index (χ1v) is 4.71. The molecule has 0 saturated carbocycles. The molecule has 8 heteroatoms. The molecule has 1 amide bonds. The van der Waals surface area contributed by atoms with Gasteiger partial charge in [-0.3, -0.25) is 15.4 Å². The van der Waals surface area contributed by atoms with Crippen LogP contribution in [0.4, 0.5) is 16.2 Å². The van der Waals surface area contributed by atoms with Crippen LogP contribution in [0, 0.1) is 10.1 Å². The van der Waals surface area contributed by atoms with E-state index in [0.29, 0.717) is 0 Å². The zero-order valence-electron chi connectivity index (χ0n) is 9.63. The van der Waals surface area contributed by atoms with Gasteiger partial charge in [0.1, 0.15) is 0 Å². The molecule has 0 atom stereocenters. The fourth-order valence-corrected chi connectivity index (χ4v) is 1.19. The number of methoxy groups -OCH3 is 2. The average Bonchev–Trinajstić information content (AvgIpc) is 2.37. The predicted molar refractivity (Wildman–Crippen MR) is 60.5 cm³/mol. The summed E-state index contributed by atoms with van der Waals surface area (Å²) in [5.74, 6) is -0.801. The number of rotatable bonds is 3. The number of carbonyl (C=O) groups excluding carboxylic acids is 2. The number of non-ortho nitro benzene ring substituents is 1. The molecule has 8 nitrogen and oxygen atoms in total. The Morgan fingerprint density at radius 1 is 1.28 bits per heavy atom. The molecule has 1 aromatic carbocycles. The Morgan fingerprint density at radius 3 is 2.44 bits per heavy atom. The molecule has 0 heterocycles. The van der Waals surface area contributed by atoms with Gasteiger partial charge in [-0.1, -0.05) is 0 Å². The zero-order chi connectivity index (χ0) is 13.7. The first-order valence-electron chi connectivity index (χ1n) is 4.71. The molecule has 1 aromatic rings.